The van der Waals surface area contributed by atoms with Crippen LogP contribution in [0, 0.1) is 0 Å². The number of carbonyl (C=O) groups excluding carboxylic acids is 2. The first-order valence-electron chi connectivity index (χ1n) is 8.67. The van der Waals surface area contributed by atoms with Gasteiger partial charge in [-0.1, -0.05) is 12.1 Å². The Hall–Kier alpha value is -2.12. The van der Waals surface area contributed by atoms with Crippen molar-refractivity contribution < 1.29 is 14.3 Å². The molecule has 0 aromatic heterocycles. The molecule has 0 spiro atoms. The second-order valence-corrected chi connectivity index (χ2v) is 6.58. The molecule has 138 valence electrons. The average Bonchev–Trinajstić information content (AvgIpc) is 2.59. The third-order valence-electron chi connectivity index (χ3n) is 4.30. The molecule has 25 heavy (non-hydrogen) atoms. The van der Waals surface area contributed by atoms with Gasteiger partial charge in [-0.2, -0.15) is 0 Å². The summed E-state index contributed by atoms with van der Waals surface area (Å²) in [6.07, 6.45) is 0. The van der Waals surface area contributed by atoms with E-state index in [1.807, 2.05) is 12.1 Å². The Morgan fingerprint density at radius 2 is 1.80 bits per heavy atom. The van der Waals surface area contributed by atoms with Gasteiger partial charge < -0.3 is 15.8 Å². The molecule has 1 aliphatic heterocycles. The molecule has 2 amide bonds. The van der Waals surface area contributed by atoms with Crippen LogP contribution < -0.4 is 15.8 Å². The monoisotopic (exact) mass is 348 g/mol. The van der Waals surface area contributed by atoms with Crippen molar-refractivity contribution in [1.29, 1.82) is 0 Å². The smallest absolute Gasteiger partial charge is 0.255 e. The van der Waals surface area contributed by atoms with E-state index >= 15 is 0 Å². The van der Waals surface area contributed by atoms with Gasteiger partial charge in [0.15, 0.2) is 6.61 Å². The van der Waals surface area contributed by atoms with Crippen LogP contribution in [0.1, 0.15) is 19.4 Å². The first-order chi connectivity index (χ1) is 11.9. The molecular weight excluding hydrogens is 320 g/mol. The molecule has 0 radical (unpaired) electrons. The van der Waals surface area contributed by atoms with E-state index in [0.29, 0.717) is 24.9 Å². The highest BCUT2D eigenvalue weighted by Gasteiger charge is 2.20. The lowest BCUT2D eigenvalue weighted by Gasteiger charge is -2.36. The maximum absolute atomic E-state index is 12.1. The standard InChI is InChI=1S/C18H28N4O3/c1-14(2)22-9-7-21(8-10-22)12-18(24)20-11-15-3-5-16(6-4-15)25-13-17(19)23/h3-6,14H,7-13H2,1-2H3,(H2,19,23)(H,20,24). The van der Waals surface area contributed by atoms with E-state index in [4.69, 9.17) is 10.5 Å². The summed E-state index contributed by atoms with van der Waals surface area (Å²) in [6, 6.07) is 7.80. The Morgan fingerprint density at radius 3 is 2.36 bits per heavy atom. The molecule has 1 aromatic rings. The van der Waals surface area contributed by atoms with E-state index in [1.54, 1.807) is 12.1 Å². The highest BCUT2D eigenvalue weighted by molar-refractivity contribution is 5.78. The van der Waals surface area contributed by atoms with Crippen molar-refractivity contribution in [3.05, 3.63) is 29.8 Å². The number of hydrogen-bond donors (Lipinski definition) is 2. The van der Waals surface area contributed by atoms with Crippen LogP contribution in [0.15, 0.2) is 24.3 Å². The lowest BCUT2D eigenvalue weighted by Crippen LogP contribution is -2.51. The van der Waals surface area contributed by atoms with Crippen molar-refractivity contribution in [2.24, 2.45) is 5.73 Å². The molecule has 3 N–H and O–H groups in total. The lowest BCUT2D eigenvalue weighted by molar-refractivity contribution is -0.123. The Balaban J connectivity index is 1.69. The van der Waals surface area contributed by atoms with Gasteiger partial charge in [-0.3, -0.25) is 19.4 Å². The number of benzene rings is 1. The maximum Gasteiger partial charge on any atom is 0.255 e. The zero-order valence-electron chi connectivity index (χ0n) is 15.0. The SMILES string of the molecule is CC(C)N1CCN(CC(=O)NCc2ccc(OCC(N)=O)cc2)CC1. The third-order valence-corrected chi connectivity index (χ3v) is 4.30. The van der Waals surface area contributed by atoms with Gasteiger partial charge in [-0.25, -0.2) is 0 Å². The third kappa shape index (κ3) is 6.72. The van der Waals surface area contributed by atoms with Gasteiger partial charge in [0.25, 0.3) is 5.91 Å². The Labute approximate surface area is 149 Å². The fourth-order valence-corrected chi connectivity index (χ4v) is 2.76. The highest BCUT2D eigenvalue weighted by atomic mass is 16.5. The van der Waals surface area contributed by atoms with Crippen LogP contribution in [0.3, 0.4) is 0 Å². The molecule has 0 atom stereocenters. The van der Waals surface area contributed by atoms with E-state index in [1.165, 1.54) is 0 Å². The molecular formula is C18H28N4O3. The second-order valence-electron chi connectivity index (χ2n) is 6.58. The summed E-state index contributed by atoms with van der Waals surface area (Å²) >= 11 is 0. The van der Waals surface area contributed by atoms with Crippen molar-refractivity contribution in [3.8, 4) is 5.75 Å². The zero-order valence-corrected chi connectivity index (χ0v) is 15.0. The molecule has 0 bridgehead atoms. The predicted octanol–water partition coefficient (Wildman–Crippen LogP) is 0.193. The average molecular weight is 348 g/mol. The molecule has 0 aliphatic carbocycles. The number of nitrogens with one attached hydrogen (secondary N) is 1. The van der Waals surface area contributed by atoms with Gasteiger partial charge in [-0.15, -0.1) is 0 Å². The number of piperazine rings is 1. The minimum Gasteiger partial charge on any atom is -0.484 e. The van der Waals surface area contributed by atoms with Crippen LogP contribution in [0.5, 0.6) is 5.75 Å². The molecule has 7 nitrogen and oxygen atoms in total. The predicted molar refractivity (Wildman–Crippen MR) is 96.1 cm³/mol. The number of carbonyl (C=O) groups is 2. The largest absolute Gasteiger partial charge is 0.484 e. The van der Waals surface area contributed by atoms with E-state index in [2.05, 4.69) is 29.0 Å². The lowest BCUT2D eigenvalue weighted by atomic mass is 10.2. The Bertz CT molecular complexity index is 566. The summed E-state index contributed by atoms with van der Waals surface area (Å²) in [5.41, 5.74) is 6.01. The normalized spacial score (nSPS) is 16.0. The van der Waals surface area contributed by atoms with E-state index in [-0.39, 0.29) is 12.5 Å². The van der Waals surface area contributed by atoms with Crippen molar-refractivity contribution in [2.45, 2.75) is 26.4 Å². The number of amides is 2. The first-order valence-corrected chi connectivity index (χ1v) is 8.67. The van der Waals surface area contributed by atoms with Crippen LogP contribution in [0.25, 0.3) is 0 Å². The van der Waals surface area contributed by atoms with Crippen LogP contribution >= 0.6 is 0 Å². The van der Waals surface area contributed by atoms with Gasteiger partial charge >= 0.3 is 0 Å². The highest BCUT2D eigenvalue weighted by Crippen LogP contribution is 2.12. The zero-order chi connectivity index (χ0) is 18.2. The molecule has 0 unspecified atom stereocenters. The maximum atomic E-state index is 12.1. The van der Waals surface area contributed by atoms with Crippen molar-refractivity contribution in [1.82, 2.24) is 15.1 Å². The topological polar surface area (TPSA) is 87.9 Å². The fourth-order valence-electron chi connectivity index (χ4n) is 2.76. The second kappa shape index (κ2) is 9.39. The van der Waals surface area contributed by atoms with E-state index in [9.17, 15) is 9.59 Å². The fraction of sp³-hybridized carbons (Fsp3) is 0.556. The number of nitrogens with two attached hydrogens (primary N) is 1. The molecule has 1 fully saturated rings. The summed E-state index contributed by atoms with van der Waals surface area (Å²) in [7, 11) is 0. The number of hydrogen-bond acceptors (Lipinski definition) is 5. The van der Waals surface area contributed by atoms with Crippen LogP contribution in [-0.4, -0.2) is 67.0 Å². The molecule has 0 saturated carbocycles. The van der Waals surface area contributed by atoms with E-state index < -0.39 is 5.91 Å². The summed E-state index contributed by atoms with van der Waals surface area (Å²) in [4.78, 5) is 27.4. The van der Waals surface area contributed by atoms with Crippen LogP contribution in [0.2, 0.25) is 0 Å². The van der Waals surface area contributed by atoms with E-state index in [0.717, 1.165) is 31.7 Å². The molecule has 7 heteroatoms. The number of rotatable bonds is 8. The molecule has 1 heterocycles. The molecule has 1 saturated heterocycles. The summed E-state index contributed by atoms with van der Waals surface area (Å²) in [5, 5.41) is 2.94. The van der Waals surface area contributed by atoms with Crippen molar-refractivity contribution in [2.75, 3.05) is 39.3 Å². The minimum absolute atomic E-state index is 0.0343. The van der Waals surface area contributed by atoms with Crippen LogP contribution in [-0.2, 0) is 16.1 Å². The van der Waals surface area contributed by atoms with Gasteiger partial charge in [0.05, 0.1) is 6.54 Å². The van der Waals surface area contributed by atoms with Crippen molar-refractivity contribution >= 4 is 11.8 Å². The Morgan fingerprint density at radius 1 is 1.16 bits per heavy atom. The van der Waals surface area contributed by atoms with Gasteiger partial charge in [0, 0.05) is 38.8 Å². The minimum atomic E-state index is -0.509. The summed E-state index contributed by atoms with van der Waals surface area (Å²) < 4.78 is 5.20. The first kappa shape index (κ1) is 19.2. The number of nitrogens with zero attached hydrogens (tertiary/aromatic N) is 2. The van der Waals surface area contributed by atoms with Crippen LogP contribution in [0.4, 0.5) is 0 Å². The quantitative estimate of drug-likeness (QED) is 0.700. The van der Waals surface area contributed by atoms with Gasteiger partial charge in [0.2, 0.25) is 5.91 Å². The molecule has 1 aliphatic rings. The van der Waals surface area contributed by atoms with Gasteiger partial charge in [0.1, 0.15) is 5.75 Å². The summed E-state index contributed by atoms with van der Waals surface area (Å²) in [6.45, 7) is 9.05. The van der Waals surface area contributed by atoms with Crippen molar-refractivity contribution in [3.63, 3.8) is 0 Å². The van der Waals surface area contributed by atoms with Gasteiger partial charge in [-0.05, 0) is 31.5 Å². The molecule has 1 aromatic carbocycles. The number of primary amides is 1. The molecule has 2 rings (SSSR count). The number of ether oxygens (including phenoxy) is 1. The summed E-state index contributed by atoms with van der Waals surface area (Å²) in [5.74, 6) is 0.106. The Kier molecular flexibility index (Phi) is 7.21.